The van der Waals surface area contributed by atoms with Crippen molar-refractivity contribution in [3.63, 3.8) is 0 Å². The zero-order chi connectivity index (χ0) is 24.5. The normalized spacial score (nSPS) is 13.5. The van der Waals surface area contributed by atoms with E-state index in [1.165, 1.54) is 0 Å². The van der Waals surface area contributed by atoms with Crippen LogP contribution in [0, 0.1) is 0 Å². The predicted octanol–water partition coefficient (Wildman–Crippen LogP) is 4.85. The second kappa shape index (κ2) is 8.84. The highest BCUT2D eigenvalue weighted by molar-refractivity contribution is 5.97. The van der Waals surface area contributed by atoms with Crippen molar-refractivity contribution in [3.05, 3.63) is 70.3 Å². The summed E-state index contributed by atoms with van der Waals surface area (Å²) in [4.78, 5) is 24.2. The summed E-state index contributed by atoms with van der Waals surface area (Å²) in [7, 11) is 0. The zero-order valence-corrected chi connectivity index (χ0v) is 17.5. The summed E-state index contributed by atoms with van der Waals surface area (Å²) in [5.41, 5.74) is 2.61. The van der Waals surface area contributed by atoms with Crippen LogP contribution in [0.15, 0.2) is 42.5 Å². The number of hydrogen-bond donors (Lipinski definition) is 2. The van der Waals surface area contributed by atoms with Crippen LogP contribution < -0.4 is 11.1 Å². The van der Waals surface area contributed by atoms with E-state index in [-0.39, 0.29) is 17.9 Å². The molecule has 2 aromatic carbocycles. The van der Waals surface area contributed by atoms with Crippen molar-refractivity contribution in [3.8, 4) is 0 Å². The van der Waals surface area contributed by atoms with Crippen LogP contribution in [-0.4, -0.2) is 17.9 Å². The standard InChI is InChI=1S/C22H22F6N2O2/c1-20(2,3)14-6-4-12(5-7-14)8-17(18(29)31)30-19(32)13-9-15(21(23,24)25)11-16(10-13)22(26,27)28/h4-7,9-11,17H,8H2,1-3H3,(H2,29,31)(H,30,32)/t17-/m1/s1. The Bertz CT molecular complexity index is 957. The lowest BCUT2D eigenvalue weighted by Crippen LogP contribution is -2.46. The second-order valence-electron chi connectivity index (χ2n) is 8.37. The fourth-order valence-corrected chi connectivity index (χ4v) is 2.93. The molecule has 0 unspecified atom stereocenters. The number of alkyl halides is 6. The highest BCUT2D eigenvalue weighted by atomic mass is 19.4. The lowest BCUT2D eigenvalue weighted by molar-refractivity contribution is -0.143. The Morgan fingerprint density at radius 2 is 1.31 bits per heavy atom. The van der Waals surface area contributed by atoms with E-state index < -0.39 is 46.9 Å². The largest absolute Gasteiger partial charge is 0.416 e. The van der Waals surface area contributed by atoms with Gasteiger partial charge in [-0.15, -0.1) is 0 Å². The maximum atomic E-state index is 13.0. The van der Waals surface area contributed by atoms with E-state index in [0.29, 0.717) is 17.7 Å². The zero-order valence-electron chi connectivity index (χ0n) is 17.5. The van der Waals surface area contributed by atoms with Crippen molar-refractivity contribution in [2.45, 2.75) is 51.0 Å². The van der Waals surface area contributed by atoms with Gasteiger partial charge >= 0.3 is 12.4 Å². The highest BCUT2D eigenvalue weighted by Gasteiger charge is 2.37. The summed E-state index contributed by atoms with van der Waals surface area (Å²) in [5, 5.41) is 2.14. The van der Waals surface area contributed by atoms with Crippen LogP contribution in [0.4, 0.5) is 26.3 Å². The lowest BCUT2D eigenvalue weighted by atomic mass is 9.86. The lowest BCUT2D eigenvalue weighted by Gasteiger charge is -2.20. The van der Waals surface area contributed by atoms with E-state index in [4.69, 9.17) is 5.73 Å². The first-order valence-electron chi connectivity index (χ1n) is 9.47. The molecule has 0 aromatic heterocycles. The molecule has 174 valence electrons. The maximum Gasteiger partial charge on any atom is 0.416 e. The molecule has 3 N–H and O–H groups in total. The van der Waals surface area contributed by atoms with Crippen LogP contribution in [0.25, 0.3) is 0 Å². The number of hydrogen-bond acceptors (Lipinski definition) is 2. The van der Waals surface area contributed by atoms with E-state index in [1.807, 2.05) is 32.9 Å². The average molecular weight is 460 g/mol. The summed E-state index contributed by atoms with van der Waals surface area (Å²) in [6.45, 7) is 6.00. The van der Waals surface area contributed by atoms with E-state index >= 15 is 0 Å². The Morgan fingerprint density at radius 3 is 1.69 bits per heavy atom. The second-order valence-corrected chi connectivity index (χ2v) is 8.37. The smallest absolute Gasteiger partial charge is 0.368 e. The molecule has 4 nitrogen and oxygen atoms in total. The van der Waals surface area contributed by atoms with E-state index in [2.05, 4.69) is 5.32 Å². The Hall–Kier alpha value is -3.04. The van der Waals surface area contributed by atoms with Crippen molar-refractivity contribution >= 4 is 11.8 Å². The molecule has 2 amide bonds. The number of halogens is 6. The van der Waals surface area contributed by atoms with Gasteiger partial charge in [0.25, 0.3) is 5.91 Å². The van der Waals surface area contributed by atoms with Gasteiger partial charge in [0.05, 0.1) is 11.1 Å². The summed E-state index contributed by atoms with van der Waals surface area (Å²) in [6, 6.07) is 6.20. The summed E-state index contributed by atoms with van der Waals surface area (Å²) in [5.74, 6) is -2.27. The van der Waals surface area contributed by atoms with Crippen molar-refractivity contribution in [2.75, 3.05) is 0 Å². The molecule has 10 heteroatoms. The average Bonchev–Trinajstić information content (AvgIpc) is 2.65. The number of amides is 2. The van der Waals surface area contributed by atoms with Gasteiger partial charge in [0.15, 0.2) is 0 Å². The third-order valence-electron chi connectivity index (χ3n) is 4.76. The number of nitrogens with two attached hydrogens (primary N) is 1. The highest BCUT2D eigenvalue weighted by Crippen LogP contribution is 2.36. The Labute approximate surface area is 180 Å². The van der Waals surface area contributed by atoms with E-state index in [9.17, 15) is 35.9 Å². The minimum atomic E-state index is -5.10. The maximum absolute atomic E-state index is 13.0. The van der Waals surface area contributed by atoms with Crippen molar-refractivity contribution in [1.29, 1.82) is 0 Å². The van der Waals surface area contributed by atoms with Gasteiger partial charge in [0.1, 0.15) is 6.04 Å². The minimum Gasteiger partial charge on any atom is -0.368 e. The van der Waals surface area contributed by atoms with Gasteiger partial charge in [-0.3, -0.25) is 9.59 Å². The van der Waals surface area contributed by atoms with Gasteiger partial charge < -0.3 is 11.1 Å². The van der Waals surface area contributed by atoms with Crippen LogP contribution in [0.3, 0.4) is 0 Å². The SMILES string of the molecule is CC(C)(C)c1ccc(C[C@@H](NC(=O)c2cc(C(F)(F)F)cc(C(F)(F)F)c2)C(N)=O)cc1. The Balaban J connectivity index is 2.31. The van der Waals surface area contributed by atoms with Gasteiger partial charge in [0.2, 0.25) is 5.91 Å². The van der Waals surface area contributed by atoms with Gasteiger partial charge in [-0.2, -0.15) is 26.3 Å². The van der Waals surface area contributed by atoms with Gasteiger partial charge in [-0.25, -0.2) is 0 Å². The van der Waals surface area contributed by atoms with Crippen LogP contribution >= 0.6 is 0 Å². The number of carbonyl (C=O) groups excluding carboxylic acids is 2. The molecule has 2 rings (SSSR count). The molecular weight excluding hydrogens is 438 g/mol. The van der Waals surface area contributed by atoms with Gasteiger partial charge in [-0.05, 0) is 34.7 Å². The van der Waals surface area contributed by atoms with E-state index in [1.54, 1.807) is 12.1 Å². The molecule has 0 aliphatic carbocycles. The molecule has 0 aliphatic heterocycles. The van der Waals surface area contributed by atoms with Crippen molar-refractivity contribution < 1.29 is 35.9 Å². The molecule has 1 atom stereocenters. The molecule has 0 aliphatic rings. The molecule has 0 saturated heterocycles. The third-order valence-corrected chi connectivity index (χ3v) is 4.76. The van der Waals surface area contributed by atoms with Crippen molar-refractivity contribution in [2.24, 2.45) is 5.73 Å². The molecule has 0 bridgehead atoms. The first kappa shape index (κ1) is 25.2. The summed E-state index contributed by atoms with van der Waals surface area (Å²) >= 11 is 0. The van der Waals surface area contributed by atoms with E-state index in [0.717, 1.165) is 5.56 Å². The molecule has 0 spiro atoms. The van der Waals surface area contributed by atoms with Crippen LogP contribution in [0.5, 0.6) is 0 Å². The summed E-state index contributed by atoms with van der Waals surface area (Å²) in [6.07, 6.45) is -10.3. The first-order chi connectivity index (χ1) is 14.5. The summed E-state index contributed by atoms with van der Waals surface area (Å²) < 4.78 is 78.1. The monoisotopic (exact) mass is 460 g/mol. The van der Waals surface area contributed by atoms with Crippen LogP contribution in [0.1, 0.15) is 53.4 Å². The molecule has 32 heavy (non-hydrogen) atoms. The van der Waals surface area contributed by atoms with Gasteiger partial charge in [-0.1, -0.05) is 45.0 Å². The molecule has 2 aromatic rings. The molecule has 0 radical (unpaired) electrons. The van der Waals surface area contributed by atoms with Crippen LogP contribution in [-0.2, 0) is 29.0 Å². The van der Waals surface area contributed by atoms with Gasteiger partial charge in [0, 0.05) is 12.0 Å². The minimum absolute atomic E-state index is 0.0842. The quantitative estimate of drug-likeness (QED) is 0.627. The van der Waals surface area contributed by atoms with Crippen molar-refractivity contribution in [1.82, 2.24) is 5.32 Å². The fourth-order valence-electron chi connectivity index (χ4n) is 2.93. The number of nitrogens with one attached hydrogen (secondary N) is 1. The third kappa shape index (κ3) is 6.48. The topological polar surface area (TPSA) is 72.2 Å². The number of carbonyl (C=O) groups is 2. The molecule has 0 saturated carbocycles. The Morgan fingerprint density at radius 1 is 0.844 bits per heavy atom. The predicted molar refractivity (Wildman–Crippen MR) is 106 cm³/mol. The first-order valence-corrected chi connectivity index (χ1v) is 9.47. The molecule has 0 fully saturated rings. The fraction of sp³-hybridized carbons (Fsp3) is 0.364. The Kier molecular flexibility index (Phi) is 6.96. The number of primary amides is 1. The molecule has 0 heterocycles. The van der Waals surface area contributed by atoms with Crippen LogP contribution in [0.2, 0.25) is 0 Å². The number of rotatable bonds is 5. The molecular formula is C22H22F6N2O2. The number of benzene rings is 2.